The highest BCUT2D eigenvalue weighted by Gasteiger charge is 2.08. The van der Waals surface area contributed by atoms with E-state index in [9.17, 15) is 9.90 Å². The van der Waals surface area contributed by atoms with E-state index in [1.807, 2.05) is 36.4 Å². The molecule has 36 heavy (non-hydrogen) atoms. The molecule has 0 aliphatic carbocycles. The Bertz CT molecular complexity index is 1550. The van der Waals surface area contributed by atoms with Gasteiger partial charge in [0.1, 0.15) is 5.75 Å². The molecule has 0 saturated carbocycles. The minimum Gasteiger partial charge on any atom is -0.493 e. The van der Waals surface area contributed by atoms with Crippen molar-refractivity contribution < 1.29 is 14.6 Å². The molecule has 5 aromatic rings. The molecule has 0 aliphatic rings. The van der Waals surface area contributed by atoms with Gasteiger partial charge in [-0.2, -0.15) is 0 Å². The monoisotopic (exact) mass is 494 g/mol. The number of anilines is 1. The van der Waals surface area contributed by atoms with E-state index in [0.29, 0.717) is 19.6 Å². The van der Waals surface area contributed by atoms with Gasteiger partial charge in [-0.25, -0.2) is 9.78 Å². The number of nitrogens with zero attached hydrogens (tertiary/aromatic N) is 1. The van der Waals surface area contributed by atoms with Gasteiger partial charge in [0, 0.05) is 18.4 Å². The number of aromatic nitrogens is 1. The first-order valence-electron chi connectivity index (χ1n) is 11.8. The number of aryl methyl sites for hydroxylation is 1. The zero-order chi connectivity index (χ0) is 24.9. The van der Waals surface area contributed by atoms with E-state index < -0.39 is 5.97 Å². The fourth-order valence-electron chi connectivity index (χ4n) is 4.13. The molecule has 0 radical (unpaired) electrons. The summed E-state index contributed by atoms with van der Waals surface area (Å²) in [6.07, 6.45) is 2.80. The van der Waals surface area contributed by atoms with Crippen molar-refractivity contribution in [2.24, 2.45) is 0 Å². The van der Waals surface area contributed by atoms with E-state index in [1.165, 1.54) is 0 Å². The lowest BCUT2D eigenvalue weighted by Crippen LogP contribution is -2.08. The van der Waals surface area contributed by atoms with Gasteiger partial charge in [-0.1, -0.05) is 78.1 Å². The van der Waals surface area contributed by atoms with Crippen LogP contribution in [0.2, 0.25) is 0 Å². The van der Waals surface area contributed by atoms with Gasteiger partial charge in [-0.05, 0) is 53.3 Å². The first-order chi connectivity index (χ1) is 17.6. The molecule has 0 aliphatic heterocycles. The van der Waals surface area contributed by atoms with E-state index in [2.05, 4.69) is 54.7 Å². The number of hydrogen-bond acceptors (Lipinski definition) is 5. The van der Waals surface area contributed by atoms with E-state index in [4.69, 9.17) is 9.72 Å². The van der Waals surface area contributed by atoms with Crippen LogP contribution in [0.25, 0.3) is 27.1 Å². The Labute approximate surface area is 213 Å². The molecule has 1 heterocycles. The lowest BCUT2D eigenvalue weighted by Gasteiger charge is -2.12. The van der Waals surface area contributed by atoms with Crippen LogP contribution >= 0.6 is 11.3 Å². The third kappa shape index (κ3) is 5.39. The molecule has 0 bridgehead atoms. The van der Waals surface area contributed by atoms with Crippen molar-refractivity contribution in [2.75, 3.05) is 18.5 Å². The Morgan fingerprint density at radius 2 is 1.78 bits per heavy atom. The van der Waals surface area contributed by atoms with Gasteiger partial charge in [-0.3, -0.25) is 0 Å². The molecule has 0 unspecified atom stereocenters. The summed E-state index contributed by atoms with van der Waals surface area (Å²) in [4.78, 5) is 16.0. The Kier molecular flexibility index (Phi) is 6.96. The van der Waals surface area contributed by atoms with Crippen LogP contribution in [0.15, 0.2) is 90.5 Å². The smallest absolute Gasteiger partial charge is 0.335 e. The van der Waals surface area contributed by atoms with Crippen molar-refractivity contribution in [3.8, 4) is 5.75 Å². The van der Waals surface area contributed by atoms with Gasteiger partial charge in [0.15, 0.2) is 5.13 Å². The average molecular weight is 495 g/mol. The fraction of sp³-hybridized carbons (Fsp3) is 0.133. The van der Waals surface area contributed by atoms with E-state index >= 15 is 0 Å². The van der Waals surface area contributed by atoms with Crippen molar-refractivity contribution in [3.05, 3.63) is 107 Å². The lowest BCUT2D eigenvalue weighted by molar-refractivity contribution is 0.0697. The summed E-state index contributed by atoms with van der Waals surface area (Å²) in [5.41, 5.74) is 4.54. The molecule has 5 nitrogen and oxygen atoms in total. The van der Waals surface area contributed by atoms with Crippen LogP contribution in [-0.4, -0.2) is 29.2 Å². The topological polar surface area (TPSA) is 71.5 Å². The Morgan fingerprint density at radius 3 is 2.58 bits per heavy atom. The molecule has 0 saturated heterocycles. The predicted octanol–water partition coefficient (Wildman–Crippen LogP) is 7.42. The lowest BCUT2D eigenvalue weighted by atomic mass is 10.1. The molecule has 6 heteroatoms. The van der Waals surface area contributed by atoms with Crippen LogP contribution in [0.4, 0.5) is 5.13 Å². The quantitative estimate of drug-likeness (QED) is 0.223. The second kappa shape index (κ2) is 10.6. The SMILES string of the molecule is Cc1cccc2sc(NCC(=Cc3ccc(C(=O)O)cc3)CCOc3cccc4ccccc34)nc12. The van der Waals surface area contributed by atoms with Crippen molar-refractivity contribution in [3.63, 3.8) is 0 Å². The molecule has 0 atom stereocenters. The van der Waals surface area contributed by atoms with Crippen LogP contribution in [-0.2, 0) is 0 Å². The molecule has 0 spiro atoms. The Balaban J connectivity index is 1.33. The summed E-state index contributed by atoms with van der Waals surface area (Å²) in [6.45, 7) is 3.20. The maximum atomic E-state index is 11.2. The number of carbonyl (C=O) groups is 1. The molecule has 0 fully saturated rings. The Morgan fingerprint density at radius 1 is 1.00 bits per heavy atom. The minimum absolute atomic E-state index is 0.274. The number of benzene rings is 4. The summed E-state index contributed by atoms with van der Waals surface area (Å²) in [5.74, 6) is -0.0603. The van der Waals surface area contributed by atoms with Gasteiger partial charge < -0.3 is 15.2 Å². The average Bonchev–Trinajstić information content (AvgIpc) is 3.32. The highest BCUT2D eigenvalue weighted by atomic mass is 32.1. The van der Waals surface area contributed by atoms with Gasteiger partial charge in [0.2, 0.25) is 0 Å². The number of carboxylic acid groups (broad SMARTS) is 1. The molecular formula is C30H26N2O3S. The van der Waals surface area contributed by atoms with Crippen LogP contribution in [0.5, 0.6) is 5.75 Å². The van der Waals surface area contributed by atoms with E-state index in [-0.39, 0.29) is 5.56 Å². The normalized spacial score (nSPS) is 11.6. The molecule has 2 N–H and O–H groups in total. The van der Waals surface area contributed by atoms with Crippen molar-refractivity contribution in [2.45, 2.75) is 13.3 Å². The first kappa shape index (κ1) is 23.6. The summed E-state index contributed by atoms with van der Waals surface area (Å²) in [7, 11) is 0. The van der Waals surface area contributed by atoms with Crippen LogP contribution < -0.4 is 10.1 Å². The number of para-hydroxylation sites is 1. The van der Waals surface area contributed by atoms with Gasteiger partial charge in [0.05, 0.1) is 22.4 Å². The molecule has 5 rings (SSSR count). The summed E-state index contributed by atoms with van der Waals surface area (Å²) < 4.78 is 7.35. The summed E-state index contributed by atoms with van der Waals surface area (Å²) in [5, 5.41) is 15.8. The number of carboxylic acids is 1. The van der Waals surface area contributed by atoms with Crippen molar-refractivity contribution >= 4 is 49.5 Å². The second-order valence-electron chi connectivity index (χ2n) is 8.60. The largest absolute Gasteiger partial charge is 0.493 e. The molecule has 0 amide bonds. The molecular weight excluding hydrogens is 468 g/mol. The first-order valence-corrected chi connectivity index (χ1v) is 12.6. The third-order valence-electron chi connectivity index (χ3n) is 6.05. The number of hydrogen-bond donors (Lipinski definition) is 2. The number of rotatable bonds is 9. The summed E-state index contributed by atoms with van der Waals surface area (Å²) in [6, 6.07) is 27.4. The molecule has 4 aromatic carbocycles. The number of aromatic carboxylic acids is 1. The standard InChI is InChI=1S/C30H26N2O3S/c1-20-6-4-11-27-28(20)32-30(36-27)31-19-22(18-21-12-14-24(15-13-21)29(33)34)16-17-35-26-10-5-8-23-7-2-3-9-25(23)26/h2-15,18H,16-17,19H2,1H3,(H,31,32)(H,33,34). The number of ether oxygens (including phenoxy) is 1. The third-order valence-corrected chi connectivity index (χ3v) is 7.02. The maximum Gasteiger partial charge on any atom is 0.335 e. The van der Waals surface area contributed by atoms with Crippen molar-refractivity contribution in [1.82, 2.24) is 4.98 Å². The van der Waals surface area contributed by atoms with Gasteiger partial charge >= 0.3 is 5.97 Å². The fourth-order valence-corrected chi connectivity index (χ4v) is 5.07. The highest BCUT2D eigenvalue weighted by Crippen LogP contribution is 2.29. The summed E-state index contributed by atoms with van der Waals surface area (Å²) >= 11 is 1.64. The van der Waals surface area contributed by atoms with Crippen LogP contribution in [0.1, 0.15) is 27.9 Å². The minimum atomic E-state index is -0.929. The number of nitrogens with one attached hydrogen (secondary N) is 1. The molecule has 180 valence electrons. The number of fused-ring (bicyclic) bond motifs is 2. The maximum absolute atomic E-state index is 11.2. The highest BCUT2D eigenvalue weighted by molar-refractivity contribution is 7.22. The predicted molar refractivity (Wildman–Crippen MR) is 148 cm³/mol. The molecule has 1 aromatic heterocycles. The number of thiazole rings is 1. The van der Waals surface area contributed by atoms with Gasteiger partial charge in [-0.15, -0.1) is 0 Å². The van der Waals surface area contributed by atoms with Gasteiger partial charge in [0.25, 0.3) is 0 Å². The van der Waals surface area contributed by atoms with Crippen molar-refractivity contribution in [1.29, 1.82) is 0 Å². The van der Waals surface area contributed by atoms with Crippen LogP contribution in [0, 0.1) is 6.92 Å². The van der Waals surface area contributed by atoms with E-state index in [0.717, 1.165) is 48.6 Å². The second-order valence-corrected chi connectivity index (χ2v) is 9.63. The zero-order valence-corrected chi connectivity index (χ0v) is 20.7. The Hall–Kier alpha value is -4.16. The zero-order valence-electron chi connectivity index (χ0n) is 19.9. The van der Waals surface area contributed by atoms with Crippen LogP contribution in [0.3, 0.4) is 0 Å². The van der Waals surface area contributed by atoms with E-state index in [1.54, 1.807) is 23.5 Å².